The van der Waals surface area contributed by atoms with E-state index in [1.165, 1.54) is 13.2 Å². The first-order valence-electron chi connectivity index (χ1n) is 6.73. The van der Waals surface area contributed by atoms with Gasteiger partial charge in [0.2, 0.25) is 5.91 Å². The number of esters is 1. The third kappa shape index (κ3) is 3.18. The summed E-state index contributed by atoms with van der Waals surface area (Å²) in [5, 5.41) is 2.93. The molecule has 0 aliphatic carbocycles. The zero-order valence-corrected chi connectivity index (χ0v) is 12.0. The first-order valence-corrected chi connectivity index (χ1v) is 6.73. The highest BCUT2D eigenvalue weighted by Gasteiger charge is 2.32. The van der Waals surface area contributed by atoms with Crippen molar-refractivity contribution in [3.05, 3.63) is 23.9 Å². The van der Waals surface area contributed by atoms with Crippen LogP contribution in [0.5, 0.6) is 0 Å². The second-order valence-electron chi connectivity index (χ2n) is 4.65. The van der Waals surface area contributed by atoms with Crippen molar-refractivity contribution in [2.24, 2.45) is 0 Å². The van der Waals surface area contributed by atoms with Crippen LogP contribution in [-0.4, -0.2) is 47.4 Å². The topological polar surface area (TPSA) is 88.6 Å². The lowest BCUT2D eigenvalue weighted by Crippen LogP contribution is -2.48. The Hall–Kier alpha value is -2.44. The van der Waals surface area contributed by atoms with E-state index >= 15 is 0 Å². The Labute approximate surface area is 122 Å². The number of rotatable bonds is 4. The molecule has 1 atom stereocenters. The Morgan fingerprint density at radius 2 is 2.29 bits per heavy atom. The van der Waals surface area contributed by atoms with E-state index in [1.54, 1.807) is 19.1 Å². The van der Waals surface area contributed by atoms with Crippen LogP contribution in [0.4, 0.5) is 5.82 Å². The Morgan fingerprint density at radius 3 is 3.00 bits per heavy atom. The molecule has 0 radical (unpaired) electrons. The molecular formula is C14H17N3O4. The van der Waals surface area contributed by atoms with Crippen molar-refractivity contribution < 1.29 is 19.1 Å². The third-order valence-electron chi connectivity index (χ3n) is 3.26. The Balaban J connectivity index is 2.18. The summed E-state index contributed by atoms with van der Waals surface area (Å²) in [6.45, 7) is 1.97. The zero-order valence-electron chi connectivity index (χ0n) is 12.0. The molecule has 1 aliphatic rings. The van der Waals surface area contributed by atoms with Crippen LogP contribution in [0.2, 0.25) is 0 Å². The lowest BCUT2D eigenvalue weighted by atomic mass is 10.0. The largest absolute Gasteiger partial charge is 0.462 e. The Kier molecular flexibility index (Phi) is 4.52. The number of nitrogens with one attached hydrogen (secondary N) is 1. The minimum absolute atomic E-state index is 0.204. The number of anilines is 1. The molecule has 2 amide bonds. The summed E-state index contributed by atoms with van der Waals surface area (Å²) >= 11 is 0. The number of nitrogens with zero attached hydrogens (tertiary/aromatic N) is 2. The second-order valence-corrected chi connectivity index (χ2v) is 4.65. The molecule has 2 heterocycles. The summed E-state index contributed by atoms with van der Waals surface area (Å²) in [4.78, 5) is 40.5. The molecule has 0 spiro atoms. The van der Waals surface area contributed by atoms with E-state index in [2.05, 4.69) is 10.3 Å². The van der Waals surface area contributed by atoms with E-state index in [9.17, 15) is 14.4 Å². The van der Waals surface area contributed by atoms with Crippen LogP contribution >= 0.6 is 0 Å². The maximum absolute atomic E-state index is 12.0. The average Bonchev–Trinajstić information content (AvgIpc) is 2.48. The summed E-state index contributed by atoms with van der Waals surface area (Å²) in [7, 11) is 1.45. The predicted octanol–water partition coefficient (Wildman–Crippen LogP) is 0.818. The number of carbonyl (C=O) groups is 3. The molecule has 1 aliphatic heterocycles. The van der Waals surface area contributed by atoms with Crippen LogP contribution in [-0.2, 0) is 14.3 Å². The number of pyridine rings is 1. The lowest BCUT2D eigenvalue weighted by Gasteiger charge is -2.28. The van der Waals surface area contributed by atoms with Crippen LogP contribution in [0, 0.1) is 0 Å². The van der Waals surface area contributed by atoms with Gasteiger partial charge in [0.15, 0.2) is 0 Å². The van der Waals surface area contributed by atoms with E-state index in [0.29, 0.717) is 6.42 Å². The molecule has 1 saturated heterocycles. The molecule has 7 nitrogen and oxygen atoms in total. The van der Waals surface area contributed by atoms with E-state index in [4.69, 9.17) is 4.74 Å². The molecule has 1 fully saturated rings. The third-order valence-corrected chi connectivity index (χ3v) is 3.26. The van der Waals surface area contributed by atoms with Crippen molar-refractivity contribution in [1.82, 2.24) is 9.88 Å². The van der Waals surface area contributed by atoms with Gasteiger partial charge in [-0.05, 0) is 25.5 Å². The molecule has 21 heavy (non-hydrogen) atoms. The van der Waals surface area contributed by atoms with Crippen molar-refractivity contribution >= 4 is 23.6 Å². The molecule has 112 valence electrons. The van der Waals surface area contributed by atoms with Crippen LogP contribution in [0.25, 0.3) is 0 Å². The molecule has 2 rings (SSSR count). The number of hydrogen-bond donors (Lipinski definition) is 1. The van der Waals surface area contributed by atoms with Gasteiger partial charge in [-0.25, -0.2) is 9.78 Å². The highest BCUT2D eigenvalue weighted by molar-refractivity contribution is 6.02. The van der Waals surface area contributed by atoms with Gasteiger partial charge in [-0.2, -0.15) is 0 Å². The zero-order chi connectivity index (χ0) is 15.4. The van der Waals surface area contributed by atoms with Crippen molar-refractivity contribution in [1.29, 1.82) is 0 Å². The minimum atomic E-state index is -0.573. The standard InChI is InChI=1S/C14H17N3O4/c1-3-21-14(20)9-5-4-8-15-12(9)16-10-6-7-11(18)17(2)13(10)19/h4-5,8,10H,3,6-7H2,1-2H3,(H,15,16). The van der Waals surface area contributed by atoms with Gasteiger partial charge in [0.1, 0.15) is 17.4 Å². The van der Waals surface area contributed by atoms with Gasteiger partial charge in [-0.1, -0.05) is 0 Å². The van der Waals surface area contributed by atoms with Crippen molar-refractivity contribution in [2.75, 3.05) is 19.0 Å². The number of likely N-dealkylation sites (N-methyl/N-ethyl adjacent to an activating group) is 1. The molecule has 0 saturated carbocycles. The smallest absolute Gasteiger partial charge is 0.341 e. The molecular weight excluding hydrogens is 274 g/mol. The van der Waals surface area contributed by atoms with Crippen molar-refractivity contribution in [2.45, 2.75) is 25.8 Å². The lowest BCUT2D eigenvalue weighted by molar-refractivity contribution is -0.146. The summed E-state index contributed by atoms with van der Waals surface area (Å²) < 4.78 is 4.95. The maximum atomic E-state index is 12.0. The summed E-state index contributed by atoms with van der Waals surface area (Å²) in [6, 6.07) is 2.63. The molecule has 0 aromatic carbocycles. The van der Waals surface area contributed by atoms with Crippen LogP contribution in [0.3, 0.4) is 0 Å². The highest BCUT2D eigenvalue weighted by Crippen LogP contribution is 2.19. The SMILES string of the molecule is CCOC(=O)c1cccnc1NC1CCC(=O)N(C)C1=O. The van der Waals surface area contributed by atoms with Crippen molar-refractivity contribution in [3.8, 4) is 0 Å². The first kappa shape index (κ1) is 15.0. The molecule has 0 bridgehead atoms. The van der Waals surface area contributed by atoms with Gasteiger partial charge in [0, 0.05) is 19.7 Å². The number of ether oxygens (including phenoxy) is 1. The van der Waals surface area contributed by atoms with Gasteiger partial charge in [-0.3, -0.25) is 14.5 Å². The number of hydrogen-bond acceptors (Lipinski definition) is 6. The molecule has 1 unspecified atom stereocenters. The van der Waals surface area contributed by atoms with E-state index < -0.39 is 12.0 Å². The maximum Gasteiger partial charge on any atom is 0.341 e. The summed E-state index contributed by atoms with van der Waals surface area (Å²) in [6.07, 6.45) is 2.18. The van der Waals surface area contributed by atoms with Crippen molar-refractivity contribution in [3.63, 3.8) is 0 Å². The number of carbonyl (C=O) groups excluding carboxylic acids is 3. The van der Waals surface area contributed by atoms with Gasteiger partial charge < -0.3 is 10.1 Å². The fourth-order valence-electron chi connectivity index (χ4n) is 2.11. The summed E-state index contributed by atoms with van der Waals surface area (Å²) in [5.41, 5.74) is 0.270. The van der Waals surface area contributed by atoms with E-state index in [0.717, 1.165) is 4.90 Å². The normalized spacial score (nSPS) is 18.6. The summed E-state index contributed by atoms with van der Waals surface area (Å²) in [5.74, 6) is -0.741. The number of imide groups is 1. The molecule has 7 heteroatoms. The Morgan fingerprint density at radius 1 is 1.52 bits per heavy atom. The monoisotopic (exact) mass is 291 g/mol. The first-order chi connectivity index (χ1) is 10.0. The molecule has 1 N–H and O–H groups in total. The highest BCUT2D eigenvalue weighted by atomic mass is 16.5. The van der Waals surface area contributed by atoms with Crippen LogP contribution in [0.1, 0.15) is 30.1 Å². The van der Waals surface area contributed by atoms with Gasteiger partial charge >= 0.3 is 5.97 Å². The average molecular weight is 291 g/mol. The quantitative estimate of drug-likeness (QED) is 0.652. The second kappa shape index (κ2) is 6.34. The van der Waals surface area contributed by atoms with Crippen LogP contribution in [0.15, 0.2) is 18.3 Å². The number of likely N-dealkylation sites (tertiary alicyclic amines) is 1. The molecule has 1 aromatic heterocycles. The fourth-order valence-corrected chi connectivity index (χ4v) is 2.11. The molecule has 1 aromatic rings. The van der Waals surface area contributed by atoms with Gasteiger partial charge in [0.05, 0.1) is 6.61 Å². The van der Waals surface area contributed by atoms with E-state index in [-0.39, 0.29) is 36.2 Å². The van der Waals surface area contributed by atoms with E-state index in [1.807, 2.05) is 0 Å². The number of amides is 2. The fraction of sp³-hybridized carbons (Fsp3) is 0.429. The predicted molar refractivity (Wildman–Crippen MR) is 74.6 cm³/mol. The van der Waals surface area contributed by atoms with Gasteiger partial charge in [0.25, 0.3) is 5.91 Å². The number of aromatic nitrogens is 1. The van der Waals surface area contributed by atoms with Crippen LogP contribution < -0.4 is 5.32 Å². The Bertz CT molecular complexity index is 573. The minimum Gasteiger partial charge on any atom is -0.462 e. The van der Waals surface area contributed by atoms with Gasteiger partial charge in [-0.15, -0.1) is 0 Å². The number of piperidine rings is 1.